The number of carbonyl (C=O) groups is 1. The number of rotatable bonds is 7. The van der Waals surface area contributed by atoms with Gasteiger partial charge in [-0.15, -0.1) is 0 Å². The minimum absolute atomic E-state index is 0.00745. The Morgan fingerprint density at radius 2 is 2.20 bits per heavy atom. The van der Waals surface area contributed by atoms with Crippen LogP contribution in [0, 0.1) is 11.3 Å². The van der Waals surface area contributed by atoms with Crippen LogP contribution in [0.3, 0.4) is 0 Å². The van der Waals surface area contributed by atoms with Crippen LogP contribution >= 0.6 is 0 Å². The second-order valence-corrected chi connectivity index (χ2v) is 3.75. The standard InChI is InChI=1S/C11H21N3O/c1-4-7-14(8-6-12)9-11(15)13-10(3)5-2/h10H,4-5,7-9H2,1-3H3,(H,13,15). The highest BCUT2D eigenvalue weighted by Gasteiger charge is 2.10. The third kappa shape index (κ3) is 6.92. The summed E-state index contributed by atoms with van der Waals surface area (Å²) in [6.45, 7) is 7.49. The Balaban J connectivity index is 3.94. The molecule has 0 saturated carbocycles. The molecule has 0 saturated heterocycles. The van der Waals surface area contributed by atoms with Gasteiger partial charge in [-0.2, -0.15) is 5.26 Å². The van der Waals surface area contributed by atoms with Crippen molar-refractivity contribution in [1.82, 2.24) is 10.2 Å². The summed E-state index contributed by atoms with van der Waals surface area (Å²) in [7, 11) is 0. The van der Waals surface area contributed by atoms with Crippen LogP contribution in [0.5, 0.6) is 0 Å². The molecule has 0 aromatic heterocycles. The lowest BCUT2D eigenvalue weighted by Crippen LogP contribution is -2.41. The highest BCUT2D eigenvalue weighted by atomic mass is 16.2. The van der Waals surface area contributed by atoms with Crippen molar-refractivity contribution in [2.24, 2.45) is 0 Å². The maximum Gasteiger partial charge on any atom is 0.234 e. The summed E-state index contributed by atoms with van der Waals surface area (Å²) < 4.78 is 0. The van der Waals surface area contributed by atoms with E-state index in [4.69, 9.17) is 5.26 Å². The third-order valence-corrected chi connectivity index (χ3v) is 2.22. The van der Waals surface area contributed by atoms with Crippen LogP contribution in [0.2, 0.25) is 0 Å². The Hall–Kier alpha value is -1.08. The summed E-state index contributed by atoms with van der Waals surface area (Å²) in [5.41, 5.74) is 0. The molecule has 0 spiro atoms. The van der Waals surface area contributed by atoms with Crippen molar-refractivity contribution >= 4 is 5.91 Å². The third-order valence-electron chi connectivity index (χ3n) is 2.22. The van der Waals surface area contributed by atoms with Gasteiger partial charge in [0.05, 0.1) is 19.2 Å². The molecular formula is C11H21N3O. The van der Waals surface area contributed by atoms with Crippen LogP contribution in [0.1, 0.15) is 33.6 Å². The molecule has 0 rings (SSSR count). The molecule has 0 heterocycles. The maximum absolute atomic E-state index is 11.5. The zero-order chi connectivity index (χ0) is 11.7. The van der Waals surface area contributed by atoms with E-state index in [1.165, 1.54) is 0 Å². The van der Waals surface area contributed by atoms with Gasteiger partial charge in [-0.05, 0) is 26.3 Å². The molecule has 0 aliphatic rings. The number of nitrogens with one attached hydrogen (secondary N) is 1. The lowest BCUT2D eigenvalue weighted by Gasteiger charge is -2.19. The van der Waals surface area contributed by atoms with Gasteiger partial charge in [-0.1, -0.05) is 13.8 Å². The summed E-state index contributed by atoms with van der Waals surface area (Å²) in [5, 5.41) is 11.5. The summed E-state index contributed by atoms with van der Waals surface area (Å²) >= 11 is 0. The van der Waals surface area contributed by atoms with E-state index in [9.17, 15) is 4.79 Å². The topological polar surface area (TPSA) is 56.1 Å². The minimum atomic E-state index is 0.00745. The number of amides is 1. The fraction of sp³-hybridized carbons (Fsp3) is 0.818. The van der Waals surface area contributed by atoms with Crippen molar-refractivity contribution in [2.45, 2.75) is 39.7 Å². The molecule has 0 fully saturated rings. The van der Waals surface area contributed by atoms with E-state index in [0.29, 0.717) is 13.1 Å². The monoisotopic (exact) mass is 211 g/mol. The smallest absolute Gasteiger partial charge is 0.234 e. The van der Waals surface area contributed by atoms with Gasteiger partial charge in [0.15, 0.2) is 0 Å². The van der Waals surface area contributed by atoms with Gasteiger partial charge in [0.1, 0.15) is 0 Å². The molecule has 0 aliphatic carbocycles. The predicted octanol–water partition coefficient (Wildman–Crippen LogP) is 1.14. The Morgan fingerprint density at radius 3 is 2.67 bits per heavy atom. The highest BCUT2D eigenvalue weighted by molar-refractivity contribution is 5.78. The second-order valence-electron chi connectivity index (χ2n) is 3.75. The van der Waals surface area contributed by atoms with Gasteiger partial charge in [0.2, 0.25) is 5.91 Å². The molecule has 86 valence electrons. The molecule has 1 unspecified atom stereocenters. The van der Waals surface area contributed by atoms with E-state index < -0.39 is 0 Å². The Bertz CT molecular complexity index is 222. The van der Waals surface area contributed by atoms with Crippen LogP contribution < -0.4 is 5.32 Å². The molecule has 1 amide bonds. The summed E-state index contributed by atoms with van der Waals surface area (Å²) in [6.07, 6.45) is 1.88. The van der Waals surface area contributed by atoms with E-state index in [-0.39, 0.29) is 11.9 Å². The molecule has 0 aromatic carbocycles. The van der Waals surface area contributed by atoms with Crippen LogP contribution in [-0.4, -0.2) is 36.5 Å². The van der Waals surface area contributed by atoms with Crippen LogP contribution in [0.25, 0.3) is 0 Å². The molecule has 0 aromatic rings. The lowest BCUT2D eigenvalue weighted by molar-refractivity contribution is -0.122. The molecule has 4 nitrogen and oxygen atoms in total. The predicted molar refractivity (Wildman–Crippen MR) is 60.2 cm³/mol. The number of nitriles is 1. The van der Waals surface area contributed by atoms with Gasteiger partial charge in [0, 0.05) is 6.04 Å². The number of hydrogen-bond acceptors (Lipinski definition) is 3. The average molecular weight is 211 g/mol. The van der Waals surface area contributed by atoms with Crippen molar-refractivity contribution in [3.63, 3.8) is 0 Å². The first-order valence-corrected chi connectivity index (χ1v) is 5.52. The first kappa shape index (κ1) is 13.9. The van der Waals surface area contributed by atoms with E-state index >= 15 is 0 Å². The van der Waals surface area contributed by atoms with Crippen LogP contribution in [0.15, 0.2) is 0 Å². The molecule has 1 N–H and O–H groups in total. The Kier molecular flexibility index (Phi) is 7.65. The largest absolute Gasteiger partial charge is 0.353 e. The van der Waals surface area contributed by atoms with Crippen molar-refractivity contribution < 1.29 is 4.79 Å². The fourth-order valence-corrected chi connectivity index (χ4v) is 1.26. The maximum atomic E-state index is 11.5. The van der Waals surface area contributed by atoms with Crippen molar-refractivity contribution in [3.05, 3.63) is 0 Å². The van der Waals surface area contributed by atoms with Gasteiger partial charge in [0.25, 0.3) is 0 Å². The zero-order valence-electron chi connectivity index (χ0n) is 9.92. The minimum Gasteiger partial charge on any atom is -0.353 e. The quantitative estimate of drug-likeness (QED) is 0.642. The first-order valence-electron chi connectivity index (χ1n) is 5.52. The van der Waals surface area contributed by atoms with E-state index in [0.717, 1.165) is 19.4 Å². The first-order chi connectivity index (χ1) is 7.13. The van der Waals surface area contributed by atoms with E-state index in [1.807, 2.05) is 25.7 Å². The average Bonchev–Trinajstić information content (AvgIpc) is 2.18. The molecule has 15 heavy (non-hydrogen) atoms. The van der Waals surface area contributed by atoms with Gasteiger partial charge < -0.3 is 5.32 Å². The molecule has 0 radical (unpaired) electrons. The van der Waals surface area contributed by atoms with Crippen LogP contribution in [-0.2, 0) is 4.79 Å². The van der Waals surface area contributed by atoms with E-state index in [2.05, 4.69) is 11.4 Å². The summed E-state index contributed by atoms with van der Waals surface area (Å²) in [5.74, 6) is 0.00745. The Labute approximate surface area is 92.3 Å². The molecule has 1 atom stereocenters. The second kappa shape index (κ2) is 8.25. The fourth-order valence-electron chi connectivity index (χ4n) is 1.26. The van der Waals surface area contributed by atoms with Crippen molar-refractivity contribution in [3.8, 4) is 6.07 Å². The van der Waals surface area contributed by atoms with Gasteiger partial charge in [-0.25, -0.2) is 0 Å². The molecule has 0 bridgehead atoms. The number of nitrogens with zero attached hydrogens (tertiary/aromatic N) is 2. The molecule has 0 aliphatic heterocycles. The van der Waals surface area contributed by atoms with Gasteiger partial charge >= 0.3 is 0 Å². The highest BCUT2D eigenvalue weighted by Crippen LogP contribution is 1.92. The lowest BCUT2D eigenvalue weighted by atomic mass is 10.2. The van der Waals surface area contributed by atoms with E-state index in [1.54, 1.807) is 0 Å². The van der Waals surface area contributed by atoms with Crippen molar-refractivity contribution in [1.29, 1.82) is 5.26 Å². The van der Waals surface area contributed by atoms with Crippen molar-refractivity contribution in [2.75, 3.05) is 19.6 Å². The van der Waals surface area contributed by atoms with Crippen LogP contribution in [0.4, 0.5) is 0 Å². The molecule has 4 heteroatoms. The van der Waals surface area contributed by atoms with Gasteiger partial charge in [-0.3, -0.25) is 9.69 Å². The summed E-state index contributed by atoms with van der Waals surface area (Å²) in [6, 6.07) is 2.28. The zero-order valence-corrected chi connectivity index (χ0v) is 9.92. The summed E-state index contributed by atoms with van der Waals surface area (Å²) in [4.78, 5) is 13.4. The number of carbonyl (C=O) groups excluding carboxylic acids is 1. The SMILES string of the molecule is CCCN(CC#N)CC(=O)NC(C)CC. The Morgan fingerprint density at radius 1 is 1.53 bits per heavy atom. The molecular weight excluding hydrogens is 190 g/mol. The number of hydrogen-bond donors (Lipinski definition) is 1. The normalized spacial score (nSPS) is 12.2.